The lowest BCUT2D eigenvalue weighted by Crippen LogP contribution is -2.47. The normalized spacial score (nSPS) is 16.1. The average Bonchev–Trinajstić information content (AvgIpc) is 4.00. The van der Waals surface area contributed by atoms with E-state index in [-0.39, 0.29) is 70.3 Å². The Kier molecular flexibility index (Phi) is 23.8. The number of β-amino-alcohol motifs (C(OH)–C–C–N with tert-alkyl or cyclic N) is 1. The summed E-state index contributed by atoms with van der Waals surface area (Å²) in [6.45, 7) is 8.94. The molecule has 3 aliphatic rings. The van der Waals surface area contributed by atoms with Crippen molar-refractivity contribution in [2.24, 2.45) is 11.8 Å². The van der Waals surface area contributed by atoms with Crippen molar-refractivity contribution in [1.29, 1.82) is 0 Å². The fourth-order valence-corrected chi connectivity index (χ4v) is 11.7. The Morgan fingerprint density at radius 2 is 1.29 bits per heavy atom. The van der Waals surface area contributed by atoms with Crippen LogP contribution >= 0.6 is 46.4 Å². The number of carbonyl (C=O) groups is 3. The van der Waals surface area contributed by atoms with Crippen molar-refractivity contribution >= 4 is 63.6 Å². The van der Waals surface area contributed by atoms with E-state index in [4.69, 9.17) is 65.7 Å². The van der Waals surface area contributed by atoms with Crippen LogP contribution in [-0.4, -0.2) is 77.0 Å². The molecule has 0 saturated heterocycles. The summed E-state index contributed by atoms with van der Waals surface area (Å²) >= 11 is 22.1. The van der Waals surface area contributed by atoms with Gasteiger partial charge in [-0.05, 0) is 198 Å². The Morgan fingerprint density at radius 3 is 1.85 bits per heavy atom. The molecule has 79 heavy (non-hydrogen) atoms. The zero-order valence-corrected chi connectivity index (χ0v) is 48.0. The van der Waals surface area contributed by atoms with Crippen LogP contribution in [-0.2, 0) is 52.9 Å². The first kappa shape index (κ1) is 63.3. The smallest absolute Gasteiger partial charge is 0.306 e. The van der Waals surface area contributed by atoms with Gasteiger partial charge in [-0.2, -0.15) is 8.78 Å². The summed E-state index contributed by atoms with van der Waals surface area (Å²) in [5.74, 6) is -4.46. The molecule has 0 spiro atoms. The number of aryl methyl sites for hydroxylation is 2. The number of rotatable bonds is 19. The zero-order valence-electron chi connectivity index (χ0n) is 45.0. The highest BCUT2D eigenvalue weighted by Crippen LogP contribution is 2.35. The number of carbonyl (C=O) groups excluding carboxylic acids is 2. The van der Waals surface area contributed by atoms with E-state index in [0.717, 1.165) is 44.6 Å². The highest BCUT2D eigenvalue weighted by atomic mass is 35.5. The minimum Gasteiger partial charge on any atom is -0.488 e. The summed E-state index contributed by atoms with van der Waals surface area (Å²) in [5.41, 5.74) is 6.60. The SMILES string of the molecule is CC(C)(CC1Cc2ccccc2C1)NC[C@@H](O)COc1cc(CCCCC(=O)O)cc(F)c1F.CC(C)(CC1Cc2ccccc2C1)NC[C@@H]1COc2cc(cc(F)c2F)CCCCC(=O)O1.O=C(Cl)c1c(Cl)cc(Cl)cc1Cl. The number of fused-ring (bicyclic) bond motifs is 4. The number of ether oxygens (including phenoxy) is 3. The summed E-state index contributed by atoms with van der Waals surface area (Å²) in [6, 6.07) is 25.2. The lowest BCUT2D eigenvalue weighted by atomic mass is 9.88. The molecule has 428 valence electrons. The number of benzene rings is 5. The Hall–Kier alpha value is -4.93. The number of aliphatic hydroxyl groups is 1. The average molecular weight is 1180 g/mol. The Bertz CT molecular complexity index is 2820. The molecule has 1 heterocycles. The van der Waals surface area contributed by atoms with Crippen molar-refractivity contribution in [3.05, 3.63) is 162 Å². The molecule has 5 aromatic carbocycles. The lowest BCUT2D eigenvalue weighted by molar-refractivity contribution is -0.150. The monoisotopic (exact) mass is 1170 g/mol. The second-order valence-corrected chi connectivity index (χ2v) is 23.6. The highest BCUT2D eigenvalue weighted by Gasteiger charge is 2.31. The number of carboxylic acids is 1. The Morgan fingerprint density at radius 1 is 0.747 bits per heavy atom. The largest absolute Gasteiger partial charge is 0.488 e. The minimum absolute atomic E-state index is 0.0380. The molecule has 4 N–H and O–H groups in total. The van der Waals surface area contributed by atoms with Crippen LogP contribution in [0.4, 0.5) is 17.6 Å². The van der Waals surface area contributed by atoms with Crippen LogP contribution in [0, 0.1) is 35.1 Å². The molecule has 2 atom stereocenters. The number of cyclic esters (lactones) is 1. The first-order chi connectivity index (χ1) is 37.4. The fraction of sp³-hybridized carbons (Fsp3) is 0.459. The maximum atomic E-state index is 14.2. The first-order valence-corrected chi connectivity index (χ1v) is 28.2. The molecule has 18 heteroatoms. The molecular formula is C61H70Cl4F4N2O8. The number of esters is 1. The molecular weight excluding hydrogens is 1110 g/mol. The molecule has 0 amide bonds. The molecule has 2 bridgehead atoms. The van der Waals surface area contributed by atoms with Gasteiger partial charge >= 0.3 is 11.9 Å². The van der Waals surface area contributed by atoms with Crippen molar-refractivity contribution in [2.75, 3.05) is 26.3 Å². The van der Waals surface area contributed by atoms with Gasteiger partial charge in [-0.3, -0.25) is 14.4 Å². The van der Waals surface area contributed by atoms with Crippen LogP contribution in [0.2, 0.25) is 15.1 Å². The van der Waals surface area contributed by atoms with E-state index in [1.807, 2.05) is 0 Å². The molecule has 10 nitrogen and oxygen atoms in total. The highest BCUT2D eigenvalue weighted by molar-refractivity contribution is 6.70. The van der Waals surface area contributed by atoms with Crippen LogP contribution in [0.15, 0.2) is 84.9 Å². The van der Waals surface area contributed by atoms with E-state index >= 15 is 0 Å². The molecule has 5 aromatic rings. The van der Waals surface area contributed by atoms with Crippen LogP contribution in [0.5, 0.6) is 11.5 Å². The summed E-state index contributed by atoms with van der Waals surface area (Å²) in [4.78, 5) is 33.7. The van der Waals surface area contributed by atoms with Crippen molar-refractivity contribution in [3.63, 3.8) is 0 Å². The number of aliphatic hydroxyl groups excluding tert-OH is 1. The molecule has 0 aromatic heterocycles. The van der Waals surface area contributed by atoms with E-state index in [1.54, 1.807) is 6.07 Å². The van der Waals surface area contributed by atoms with Gasteiger partial charge in [-0.25, -0.2) is 8.78 Å². The number of hydrogen-bond acceptors (Lipinski definition) is 9. The number of carboxylic acid groups (broad SMARTS) is 1. The van der Waals surface area contributed by atoms with Crippen molar-refractivity contribution < 1.29 is 56.4 Å². The standard InChI is InChI=1S/C27H35F2NO4.C27H33F2NO3.C7H2Cl4O/c1-27(2,15-19-11-20-8-4-5-9-21(20)12-19)30-16-22(31)17-34-24-14-18(13-23(28)26(24)29)7-3-6-10-25(32)33;1-27(2,15-19-11-20-8-4-5-9-21(20)12-19)30-16-22-17-32-24-14-18(13-23(28)26(24)29)7-3-6-10-25(31)33-22;8-3-1-4(9)6(7(11)12)5(10)2-3/h4-5,8-9,13-14,19,22,30-31H,3,6-7,10-12,15-17H2,1-2H3,(H,32,33);4-5,8-9,13-14,19,22,30H,3,6-7,10-12,15-17H2,1-2H3;1-2H/t2*22-;/m11./s1. The molecule has 0 radical (unpaired) electrons. The van der Waals surface area contributed by atoms with Crippen LogP contribution in [0.25, 0.3) is 0 Å². The van der Waals surface area contributed by atoms with Crippen LogP contribution < -0.4 is 20.1 Å². The van der Waals surface area contributed by atoms with E-state index in [2.05, 4.69) is 86.9 Å². The second-order valence-electron chi connectivity index (χ2n) is 22.0. The maximum absolute atomic E-state index is 14.2. The predicted octanol–water partition coefficient (Wildman–Crippen LogP) is 13.9. The third-order valence-corrected chi connectivity index (χ3v) is 15.2. The van der Waals surface area contributed by atoms with Gasteiger partial charge in [0.1, 0.15) is 25.4 Å². The van der Waals surface area contributed by atoms with Gasteiger partial charge in [0.2, 0.25) is 11.6 Å². The molecule has 0 unspecified atom stereocenters. The quantitative estimate of drug-likeness (QED) is 0.0273. The fourth-order valence-electron chi connectivity index (χ4n) is 10.4. The van der Waals surface area contributed by atoms with Gasteiger partial charge in [0.25, 0.3) is 5.24 Å². The molecule has 8 rings (SSSR count). The van der Waals surface area contributed by atoms with Gasteiger partial charge in [-0.15, -0.1) is 0 Å². The lowest BCUT2D eigenvalue weighted by Gasteiger charge is -2.31. The summed E-state index contributed by atoms with van der Waals surface area (Å²) in [6.07, 6.45) is 8.38. The van der Waals surface area contributed by atoms with E-state index in [0.29, 0.717) is 79.5 Å². The van der Waals surface area contributed by atoms with Gasteiger partial charge in [0, 0.05) is 42.0 Å². The van der Waals surface area contributed by atoms with Crippen LogP contribution in [0.1, 0.15) is 123 Å². The molecule has 2 aliphatic carbocycles. The van der Waals surface area contributed by atoms with E-state index in [9.17, 15) is 37.1 Å². The molecule has 0 saturated carbocycles. The zero-order chi connectivity index (χ0) is 57.4. The number of nitrogens with one attached hydrogen (secondary N) is 2. The van der Waals surface area contributed by atoms with Crippen LogP contribution in [0.3, 0.4) is 0 Å². The predicted molar refractivity (Wildman–Crippen MR) is 302 cm³/mol. The topological polar surface area (TPSA) is 143 Å². The van der Waals surface area contributed by atoms with Gasteiger partial charge in [-0.1, -0.05) is 83.3 Å². The van der Waals surface area contributed by atoms with E-state index in [1.165, 1.54) is 46.5 Å². The van der Waals surface area contributed by atoms with Gasteiger partial charge in [0.15, 0.2) is 23.1 Å². The third-order valence-electron chi connectivity index (χ3n) is 14.2. The molecule has 0 fully saturated rings. The summed E-state index contributed by atoms with van der Waals surface area (Å²) < 4.78 is 73.0. The van der Waals surface area contributed by atoms with Gasteiger partial charge in [0.05, 0.1) is 15.6 Å². The van der Waals surface area contributed by atoms with Gasteiger partial charge < -0.3 is 35.1 Å². The second kappa shape index (κ2) is 29.7. The summed E-state index contributed by atoms with van der Waals surface area (Å²) in [5, 5.41) is 26.0. The number of halogens is 8. The number of hydrogen-bond donors (Lipinski definition) is 4. The minimum atomic E-state index is -1.09. The molecule has 1 aliphatic heterocycles. The Labute approximate surface area is 480 Å². The first-order valence-electron chi connectivity index (χ1n) is 26.7. The summed E-state index contributed by atoms with van der Waals surface area (Å²) in [7, 11) is 0. The number of unbranched alkanes of at least 4 members (excludes halogenated alkanes) is 1. The maximum Gasteiger partial charge on any atom is 0.306 e. The van der Waals surface area contributed by atoms with E-state index < -0.39 is 46.7 Å². The number of aliphatic carboxylic acids is 1. The van der Waals surface area contributed by atoms with Crippen molar-refractivity contribution in [1.82, 2.24) is 10.6 Å². The Balaban J connectivity index is 0.000000211. The van der Waals surface area contributed by atoms with Crippen molar-refractivity contribution in [2.45, 2.75) is 141 Å². The van der Waals surface area contributed by atoms with Crippen molar-refractivity contribution in [3.8, 4) is 11.5 Å². The third kappa shape index (κ3) is 20.2.